The maximum atomic E-state index is 14.3. The van der Waals surface area contributed by atoms with Crippen molar-refractivity contribution < 1.29 is 19.0 Å². The Balaban J connectivity index is 1.69. The van der Waals surface area contributed by atoms with E-state index in [1.54, 1.807) is 19.1 Å². The van der Waals surface area contributed by atoms with Crippen LogP contribution >= 0.6 is 11.6 Å². The maximum absolute atomic E-state index is 14.3. The summed E-state index contributed by atoms with van der Waals surface area (Å²) < 4.78 is 20.1. The average molecular weight is 431 g/mol. The van der Waals surface area contributed by atoms with Gasteiger partial charge in [-0.05, 0) is 80.2 Å². The molecule has 1 aromatic rings. The minimum atomic E-state index is -0.534. The summed E-state index contributed by atoms with van der Waals surface area (Å²) in [6.45, 7) is 5.40. The van der Waals surface area contributed by atoms with Crippen LogP contribution in [0.2, 0.25) is 0 Å². The zero-order valence-corrected chi connectivity index (χ0v) is 18.4. The van der Waals surface area contributed by atoms with Crippen molar-refractivity contribution in [3.8, 4) is 5.75 Å². The Kier molecular flexibility index (Phi) is 5.80. The van der Waals surface area contributed by atoms with E-state index in [1.807, 2.05) is 19.9 Å². The Hall–Kier alpha value is -2.07. The number of hydrogen-bond donors (Lipinski definition) is 1. The van der Waals surface area contributed by atoms with Crippen LogP contribution < -0.4 is 4.74 Å². The fourth-order valence-corrected chi connectivity index (χ4v) is 5.61. The van der Waals surface area contributed by atoms with E-state index in [-0.39, 0.29) is 29.1 Å². The van der Waals surface area contributed by atoms with E-state index < -0.39 is 5.83 Å². The molecule has 2 fully saturated rings. The third kappa shape index (κ3) is 3.49. The summed E-state index contributed by atoms with van der Waals surface area (Å²) in [4.78, 5) is 13.3. The van der Waals surface area contributed by atoms with E-state index in [2.05, 4.69) is 0 Å². The smallest absolute Gasteiger partial charge is 0.170 e. The van der Waals surface area contributed by atoms with Gasteiger partial charge in [0, 0.05) is 16.9 Å². The van der Waals surface area contributed by atoms with Crippen LogP contribution in [0.15, 0.2) is 46.7 Å². The molecule has 0 aliphatic heterocycles. The number of aliphatic hydroxyl groups is 1. The first-order chi connectivity index (χ1) is 14.3. The van der Waals surface area contributed by atoms with E-state index in [4.69, 9.17) is 16.3 Å². The highest BCUT2D eigenvalue weighted by Gasteiger charge is 2.57. The van der Waals surface area contributed by atoms with Crippen LogP contribution in [0.25, 0.3) is 5.57 Å². The monoisotopic (exact) mass is 430 g/mol. The van der Waals surface area contributed by atoms with Gasteiger partial charge in [0.25, 0.3) is 0 Å². The number of halogens is 2. The molecule has 0 heterocycles. The molecule has 2 bridgehead atoms. The number of Topliss-reactive ketones (excluding diaryl/α,β-unsaturated/α-hetero) is 1. The second kappa shape index (κ2) is 8.22. The molecular weight excluding hydrogens is 403 g/mol. The number of carbonyl (C=O) groups excluding carboxylic acids is 1. The highest BCUT2D eigenvalue weighted by Crippen LogP contribution is 2.60. The molecule has 5 heteroatoms. The van der Waals surface area contributed by atoms with Gasteiger partial charge in [0.1, 0.15) is 17.3 Å². The number of aliphatic hydroxyl groups excluding tert-OH is 1. The van der Waals surface area contributed by atoms with Crippen LogP contribution in [-0.4, -0.2) is 10.9 Å². The standard InChI is InChI=1S/C25H28ClFO3/c1-4-14-8-9-18(30-13(3)20(27)11-17(26)5-2)12-19(14)23-24(28)21-15-6-7-16(10-15)22(21)25(23)29/h8-9,11-12,15-16,21-22,28H,4-7,10H2,1-3H3/b17-11+,20-13-/t15-,16+,21-,22+/m1/s1. The third-order valence-corrected chi connectivity index (χ3v) is 7.37. The normalized spacial score (nSPS) is 28.8. The molecule has 0 amide bonds. The minimum Gasteiger partial charge on any atom is -0.511 e. The molecular formula is C25H28ClFO3. The molecule has 0 saturated heterocycles. The zero-order valence-electron chi connectivity index (χ0n) is 17.7. The molecule has 0 radical (unpaired) electrons. The van der Waals surface area contributed by atoms with Crippen molar-refractivity contribution >= 4 is 23.0 Å². The summed E-state index contributed by atoms with van der Waals surface area (Å²) in [5, 5.41) is 11.4. The summed E-state index contributed by atoms with van der Waals surface area (Å²) >= 11 is 5.93. The lowest BCUT2D eigenvalue weighted by Crippen LogP contribution is -2.24. The van der Waals surface area contributed by atoms with E-state index in [9.17, 15) is 14.3 Å². The van der Waals surface area contributed by atoms with E-state index in [0.29, 0.717) is 40.2 Å². The van der Waals surface area contributed by atoms with Gasteiger partial charge in [-0.3, -0.25) is 4.79 Å². The van der Waals surface area contributed by atoms with Crippen LogP contribution in [0.5, 0.6) is 5.75 Å². The molecule has 1 N–H and O–H groups in total. The summed E-state index contributed by atoms with van der Waals surface area (Å²) in [7, 11) is 0. The van der Waals surface area contributed by atoms with Gasteiger partial charge in [0.2, 0.25) is 0 Å². The molecule has 30 heavy (non-hydrogen) atoms. The topological polar surface area (TPSA) is 46.5 Å². The predicted molar refractivity (Wildman–Crippen MR) is 117 cm³/mol. The van der Waals surface area contributed by atoms with Gasteiger partial charge >= 0.3 is 0 Å². The van der Waals surface area contributed by atoms with E-state index >= 15 is 0 Å². The Morgan fingerprint density at radius 1 is 1.27 bits per heavy atom. The molecule has 0 unspecified atom stereocenters. The van der Waals surface area contributed by atoms with Gasteiger partial charge in [0.15, 0.2) is 11.6 Å². The number of allylic oxidation sites excluding steroid dienone is 6. The van der Waals surface area contributed by atoms with Gasteiger partial charge < -0.3 is 9.84 Å². The molecule has 4 rings (SSSR count). The number of hydrogen-bond acceptors (Lipinski definition) is 3. The van der Waals surface area contributed by atoms with Crippen LogP contribution in [0.1, 0.15) is 57.6 Å². The Morgan fingerprint density at radius 3 is 2.60 bits per heavy atom. The Labute approximate surface area is 182 Å². The summed E-state index contributed by atoms with van der Waals surface area (Å²) in [6, 6.07) is 5.42. The number of carbonyl (C=O) groups is 1. The largest absolute Gasteiger partial charge is 0.511 e. The van der Waals surface area contributed by atoms with Crippen LogP contribution in [-0.2, 0) is 11.2 Å². The summed E-state index contributed by atoms with van der Waals surface area (Å²) in [6.07, 6.45) is 5.75. The molecule has 0 aromatic heterocycles. The van der Waals surface area contributed by atoms with Crippen molar-refractivity contribution in [1.82, 2.24) is 0 Å². The number of ether oxygens (including phenoxy) is 1. The van der Waals surface area contributed by atoms with E-state index in [0.717, 1.165) is 31.2 Å². The highest BCUT2D eigenvalue weighted by atomic mass is 35.5. The van der Waals surface area contributed by atoms with E-state index in [1.165, 1.54) is 6.08 Å². The van der Waals surface area contributed by atoms with Crippen molar-refractivity contribution in [3.63, 3.8) is 0 Å². The van der Waals surface area contributed by atoms with Crippen LogP contribution in [0.4, 0.5) is 4.39 Å². The molecule has 3 nitrogen and oxygen atoms in total. The SMILES string of the molecule is CC/C(Cl)=C\C(F)=C(/C)Oc1ccc(CC)c(C2=C(O)[C@@H]3[C@@H]4CC[C@@H](C4)[C@@H]3C2=O)c1. The first kappa shape index (κ1) is 21.2. The lowest BCUT2D eigenvalue weighted by molar-refractivity contribution is -0.118. The minimum absolute atomic E-state index is 0.0269. The van der Waals surface area contributed by atoms with Crippen LogP contribution in [0.3, 0.4) is 0 Å². The fraction of sp³-hybridized carbons (Fsp3) is 0.480. The van der Waals surface area contributed by atoms with Gasteiger partial charge in [-0.1, -0.05) is 31.5 Å². The fourth-order valence-electron chi connectivity index (χ4n) is 5.52. The molecule has 0 spiro atoms. The van der Waals surface area contributed by atoms with Gasteiger partial charge in [-0.25, -0.2) is 4.39 Å². The zero-order chi connectivity index (χ0) is 21.6. The lowest BCUT2D eigenvalue weighted by atomic mass is 9.80. The van der Waals surface area contributed by atoms with Crippen molar-refractivity contribution in [2.45, 2.75) is 52.9 Å². The average Bonchev–Trinajstić information content (AvgIpc) is 3.41. The Morgan fingerprint density at radius 2 is 1.97 bits per heavy atom. The first-order valence-corrected chi connectivity index (χ1v) is 11.2. The summed E-state index contributed by atoms with van der Waals surface area (Å²) in [5.74, 6) is 1.02. The quantitative estimate of drug-likeness (QED) is 0.395. The van der Waals surface area contributed by atoms with Gasteiger partial charge in [0.05, 0.1) is 5.57 Å². The second-order valence-electron chi connectivity index (χ2n) is 8.63. The third-order valence-electron chi connectivity index (χ3n) is 7.00. The lowest BCUT2D eigenvalue weighted by Gasteiger charge is -2.23. The second-order valence-corrected chi connectivity index (χ2v) is 9.12. The number of aryl methyl sites for hydroxylation is 1. The van der Waals surface area contributed by atoms with Crippen molar-refractivity contribution in [2.75, 3.05) is 0 Å². The molecule has 3 aliphatic carbocycles. The van der Waals surface area contributed by atoms with Crippen molar-refractivity contribution in [2.24, 2.45) is 23.7 Å². The molecule has 4 atom stereocenters. The van der Waals surface area contributed by atoms with Gasteiger partial charge in [-0.15, -0.1) is 0 Å². The number of fused-ring (bicyclic) bond motifs is 5. The van der Waals surface area contributed by atoms with Gasteiger partial charge in [-0.2, -0.15) is 0 Å². The van der Waals surface area contributed by atoms with Crippen molar-refractivity contribution in [1.29, 1.82) is 0 Å². The maximum Gasteiger partial charge on any atom is 0.170 e. The first-order valence-electron chi connectivity index (χ1n) is 10.9. The number of ketones is 1. The highest BCUT2D eigenvalue weighted by molar-refractivity contribution is 6.29. The number of benzene rings is 1. The molecule has 2 saturated carbocycles. The summed E-state index contributed by atoms with van der Waals surface area (Å²) in [5.41, 5.74) is 2.13. The molecule has 1 aromatic carbocycles. The predicted octanol–water partition coefficient (Wildman–Crippen LogP) is 6.88. The number of rotatable bonds is 6. The molecule has 3 aliphatic rings. The van der Waals surface area contributed by atoms with Crippen molar-refractivity contribution in [3.05, 3.63) is 57.8 Å². The van der Waals surface area contributed by atoms with Crippen LogP contribution in [0, 0.1) is 23.7 Å². The Bertz CT molecular complexity index is 975. The molecule has 160 valence electrons.